The van der Waals surface area contributed by atoms with Gasteiger partial charge in [-0.2, -0.15) is 0 Å². The highest BCUT2D eigenvalue weighted by molar-refractivity contribution is 6.30. The molecule has 3 heteroatoms. The topological polar surface area (TPSA) is 32.3 Å². The van der Waals surface area contributed by atoms with Gasteiger partial charge in [0.2, 0.25) is 0 Å². The number of halogens is 1. The quantitative estimate of drug-likeness (QED) is 0.880. The van der Waals surface area contributed by atoms with Gasteiger partial charge in [0.1, 0.15) is 0 Å². The van der Waals surface area contributed by atoms with Crippen molar-refractivity contribution in [1.82, 2.24) is 0 Å². The van der Waals surface area contributed by atoms with E-state index in [1.165, 1.54) is 0 Å². The van der Waals surface area contributed by atoms with Crippen molar-refractivity contribution < 1.29 is 5.11 Å². The van der Waals surface area contributed by atoms with Crippen molar-refractivity contribution in [3.63, 3.8) is 0 Å². The van der Waals surface area contributed by atoms with Gasteiger partial charge in [-0.3, -0.25) is 0 Å². The van der Waals surface area contributed by atoms with Gasteiger partial charge in [0.25, 0.3) is 0 Å². The predicted octanol–water partition coefficient (Wildman–Crippen LogP) is 4.10. The van der Waals surface area contributed by atoms with Crippen molar-refractivity contribution in [2.75, 3.05) is 11.9 Å². The van der Waals surface area contributed by atoms with Gasteiger partial charge < -0.3 is 10.4 Å². The Morgan fingerprint density at radius 3 is 2.63 bits per heavy atom. The van der Waals surface area contributed by atoms with Crippen LogP contribution in [0.5, 0.6) is 0 Å². The number of anilines is 1. The lowest BCUT2D eigenvalue weighted by Gasteiger charge is -2.15. The van der Waals surface area contributed by atoms with Gasteiger partial charge in [-0.25, -0.2) is 0 Å². The van der Waals surface area contributed by atoms with Gasteiger partial charge in [0.15, 0.2) is 0 Å². The first-order chi connectivity index (χ1) is 9.06. The molecule has 100 valence electrons. The molecule has 0 saturated heterocycles. The van der Waals surface area contributed by atoms with Crippen molar-refractivity contribution in [3.8, 4) is 0 Å². The number of aryl methyl sites for hydroxylation is 2. The Labute approximate surface area is 119 Å². The van der Waals surface area contributed by atoms with Gasteiger partial charge in [-0.1, -0.05) is 41.4 Å². The van der Waals surface area contributed by atoms with E-state index in [4.69, 9.17) is 11.6 Å². The number of aliphatic hydroxyl groups excluding tert-OH is 1. The molecule has 2 nitrogen and oxygen atoms in total. The second-order valence-corrected chi connectivity index (χ2v) is 5.21. The molecule has 2 aromatic rings. The summed E-state index contributed by atoms with van der Waals surface area (Å²) in [6.45, 7) is 4.49. The van der Waals surface area contributed by atoms with Crippen LogP contribution in [0.2, 0.25) is 5.02 Å². The Morgan fingerprint density at radius 2 is 1.95 bits per heavy atom. The summed E-state index contributed by atoms with van der Waals surface area (Å²) in [7, 11) is 0. The maximum Gasteiger partial charge on any atom is 0.0962 e. The zero-order chi connectivity index (χ0) is 13.8. The fourth-order valence-electron chi connectivity index (χ4n) is 2.03. The molecular formula is C16H18ClNO. The Bertz CT molecular complexity index is 568. The van der Waals surface area contributed by atoms with Crippen LogP contribution >= 0.6 is 11.6 Å². The summed E-state index contributed by atoms with van der Waals surface area (Å²) < 4.78 is 0. The van der Waals surface area contributed by atoms with Crippen LogP contribution in [-0.2, 0) is 0 Å². The molecule has 1 atom stereocenters. The highest BCUT2D eigenvalue weighted by Gasteiger charge is 2.08. The number of nitrogens with one attached hydrogen (secondary N) is 1. The first-order valence-electron chi connectivity index (χ1n) is 6.31. The minimum atomic E-state index is -0.519. The zero-order valence-corrected chi connectivity index (χ0v) is 11.9. The lowest BCUT2D eigenvalue weighted by atomic mass is 10.1. The third-order valence-corrected chi connectivity index (χ3v) is 3.34. The summed E-state index contributed by atoms with van der Waals surface area (Å²) in [6.07, 6.45) is -0.519. The molecule has 0 aliphatic rings. The highest BCUT2D eigenvalue weighted by atomic mass is 35.5. The SMILES string of the molecule is Cc1cccc(C(O)CNc2ccc(Cl)cc2C)c1. The van der Waals surface area contributed by atoms with E-state index in [-0.39, 0.29) is 0 Å². The van der Waals surface area contributed by atoms with Gasteiger partial charge in [-0.05, 0) is 43.2 Å². The number of rotatable bonds is 4. The summed E-state index contributed by atoms with van der Waals surface area (Å²) in [5.41, 5.74) is 4.15. The Kier molecular flexibility index (Phi) is 4.46. The van der Waals surface area contributed by atoms with E-state index < -0.39 is 6.10 Å². The third kappa shape index (κ3) is 3.72. The van der Waals surface area contributed by atoms with Crippen molar-refractivity contribution in [1.29, 1.82) is 0 Å². The molecule has 2 N–H and O–H groups in total. The van der Waals surface area contributed by atoms with E-state index in [1.54, 1.807) is 0 Å². The predicted molar refractivity (Wildman–Crippen MR) is 80.8 cm³/mol. The molecule has 1 unspecified atom stereocenters. The van der Waals surface area contributed by atoms with Crippen LogP contribution in [0.1, 0.15) is 22.8 Å². The Hall–Kier alpha value is -1.51. The highest BCUT2D eigenvalue weighted by Crippen LogP contribution is 2.21. The average molecular weight is 276 g/mol. The van der Waals surface area contributed by atoms with E-state index in [0.29, 0.717) is 6.54 Å². The molecule has 0 bridgehead atoms. The van der Waals surface area contributed by atoms with E-state index in [0.717, 1.165) is 27.4 Å². The van der Waals surface area contributed by atoms with Crippen LogP contribution in [0.4, 0.5) is 5.69 Å². The Morgan fingerprint density at radius 1 is 1.16 bits per heavy atom. The molecule has 0 amide bonds. The molecule has 0 aromatic heterocycles. The Balaban J connectivity index is 2.02. The number of hydrogen-bond donors (Lipinski definition) is 2. The van der Waals surface area contributed by atoms with Gasteiger partial charge in [-0.15, -0.1) is 0 Å². The lowest BCUT2D eigenvalue weighted by molar-refractivity contribution is 0.191. The molecule has 0 saturated carbocycles. The average Bonchev–Trinajstić information content (AvgIpc) is 2.37. The normalized spacial score (nSPS) is 12.2. The molecule has 19 heavy (non-hydrogen) atoms. The lowest BCUT2D eigenvalue weighted by Crippen LogP contribution is -2.12. The molecule has 2 aromatic carbocycles. The van der Waals surface area contributed by atoms with Crippen LogP contribution in [-0.4, -0.2) is 11.7 Å². The van der Waals surface area contributed by atoms with E-state index in [2.05, 4.69) is 5.32 Å². The van der Waals surface area contributed by atoms with Gasteiger partial charge >= 0.3 is 0 Å². The molecule has 0 aliphatic heterocycles. The molecular weight excluding hydrogens is 258 g/mol. The summed E-state index contributed by atoms with van der Waals surface area (Å²) in [5, 5.41) is 14.1. The largest absolute Gasteiger partial charge is 0.387 e. The maximum atomic E-state index is 10.2. The fraction of sp³-hybridized carbons (Fsp3) is 0.250. The van der Waals surface area contributed by atoms with E-state index in [1.807, 2.05) is 56.3 Å². The standard InChI is InChI=1S/C16H18ClNO/c1-11-4-3-5-13(8-11)16(19)10-18-15-7-6-14(17)9-12(15)2/h3-9,16,18-19H,10H2,1-2H3. The minimum absolute atomic E-state index is 0.478. The van der Waals surface area contributed by atoms with Crippen LogP contribution in [0.15, 0.2) is 42.5 Å². The van der Waals surface area contributed by atoms with E-state index in [9.17, 15) is 5.11 Å². The number of benzene rings is 2. The number of aliphatic hydroxyl groups is 1. The molecule has 0 radical (unpaired) electrons. The van der Waals surface area contributed by atoms with Crippen LogP contribution < -0.4 is 5.32 Å². The molecule has 0 spiro atoms. The monoisotopic (exact) mass is 275 g/mol. The summed E-state index contributed by atoms with van der Waals surface area (Å²) >= 11 is 5.92. The van der Waals surface area contributed by atoms with Gasteiger partial charge in [0.05, 0.1) is 6.10 Å². The van der Waals surface area contributed by atoms with Crippen molar-refractivity contribution in [2.24, 2.45) is 0 Å². The molecule has 2 rings (SSSR count). The van der Waals surface area contributed by atoms with Crippen molar-refractivity contribution >= 4 is 17.3 Å². The first-order valence-corrected chi connectivity index (χ1v) is 6.69. The number of hydrogen-bond acceptors (Lipinski definition) is 2. The second-order valence-electron chi connectivity index (χ2n) is 4.77. The smallest absolute Gasteiger partial charge is 0.0962 e. The first kappa shape index (κ1) is 13.9. The van der Waals surface area contributed by atoms with Crippen LogP contribution in [0.3, 0.4) is 0 Å². The summed E-state index contributed by atoms with van der Waals surface area (Å²) in [6, 6.07) is 13.6. The zero-order valence-electron chi connectivity index (χ0n) is 11.2. The van der Waals surface area contributed by atoms with E-state index >= 15 is 0 Å². The summed E-state index contributed by atoms with van der Waals surface area (Å²) in [5.74, 6) is 0. The summed E-state index contributed by atoms with van der Waals surface area (Å²) in [4.78, 5) is 0. The fourth-order valence-corrected chi connectivity index (χ4v) is 2.25. The third-order valence-electron chi connectivity index (χ3n) is 3.10. The van der Waals surface area contributed by atoms with Gasteiger partial charge in [0, 0.05) is 17.3 Å². The second kappa shape index (κ2) is 6.09. The molecule has 0 heterocycles. The van der Waals surface area contributed by atoms with Crippen LogP contribution in [0.25, 0.3) is 0 Å². The molecule has 0 aliphatic carbocycles. The molecule has 0 fully saturated rings. The minimum Gasteiger partial charge on any atom is -0.387 e. The van der Waals surface area contributed by atoms with Crippen molar-refractivity contribution in [3.05, 3.63) is 64.2 Å². The maximum absolute atomic E-state index is 10.2. The van der Waals surface area contributed by atoms with Crippen molar-refractivity contribution in [2.45, 2.75) is 20.0 Å². The van der Waals surface area contributed by atoms with Crippen LogP contribution in [0, 0.1) is 13.8 Å².